The first kappa shape index (κ1) is 13.6. The third-order valence-electron chi connectivity index (χ3n) is 2.59. The van der Waals surface area contributed by atoms with Crippen LogP contribution in [-0.2, 0) is 6.42 Å². The lowest BCUT2D eigenvalue weighted by Gasteiger charge is -2.14. The van der Waals surface area contributed by atoms with Gasteiger partial charge in [0.25, 0.3) is 0 Å². The van der Waals surface area contributed by atoms with E-state index in [0.717, 1.165) is 28.9 Å². The number of hydrogen-bond acceptors (Lipinski definition) is 3. The SMILES string of the molecule is CCNC(Cc1ccc(Br)cn1)c1ccc(Cl)o1. The average Bonchev–Trinajstić information content (AvgIpc) is 2.78. The second-order valence-corrected chi connectivity index (χ2v) is 5.21. The lowest BCUT2D eigenvalue weighted by Crippen LogP contribution is -2.22. The number of likely N-dealkylation sites (N-methyl/N-ethyl adjacent to an activating group) is 1. The summed E-state index contributed by atoms with van der Waals surface area (Å²) in [6, 6.07) is 7.74. The summed E-state index contributed by atoms with van der Waals surface area (Å²) in [5.74, 6) is 0.839. The van der Waals surface area contributed by atoms with Crippen molar-refractivity contribution in [2.75, 3.05) is 6.54 Å². The fourth-order valence-corrected chi connectivity index (χ4v) is 2.16. The lowest BCUT2D eigenvalue weighted by molar-refractivity contribution is 0.415. The molecule has 1 unspecified atom stereocenters. The van der Waals surface area contributed by atoms with Crippen LogP contribution in [0.5, 0.6) is 0 Å². The van der Waals surface area contributed by atoms with Crippen molar-refractivity contribution in [1.29, 1.82) is 0 Å². The van der Waals surface area contributed by atoms with Crippen molar-refractivity contribution in [3.8, 4) is 0 Å². The Morgan fingerprint density at radius 3 is 2.78 bits per heavy atom. The number of nitrogens with one attached hydrogen (secondary N) is 1. The molecule has 0 aliphatic rings. The Morgan fingerprint density at radius 1 is 1.39 bits per heavy atom. The molecule has 0 aromatic carbocycles. The van der Waals surface area contributed by atoms with E-state index in [9.17, 15) is 0 Å². The Bertz CT molecular complexity index is 498. The number of halogens is 2. The number of furan rings is 1. The molecular weight excluding hydrogens is 316 g/mol. The highest BCUT2D eigenvalue weighted by atomic mass is 79.9. The fraction of sp³-hybridized carbons (Fsp3) is 0.308. The van der Waals surface area contributed by atoms with E-state index in [1.807, 2.05) is 18.2 Å². The molecule has 96 valence electrons. The Kier molecular flexibility index (Phi) is 4.80. The van der Waals surface area contributed by atoms with Crippen LogP contribution in [0.3, 0.4) is 0 Å². The third kappa shape index (κ3) is 3.57. The molecule has 2 rings (SSSR count). The van der Waals surface area contributed by atoms with Gasteiger partial charge in [-0.25, -0.2) is 0 Å². The Balaban J connectivity index is 2.13. The topological polar surface area (TPSA) is 38.1 Å². The second-order valence-electron chi connectivity index (χ2n) is 3.92. The quantitative estimate of drug-likeness (QED) is 0.901. The highest BCUT2D eigenvalue weighted by Crippen LogP contribution is 2.23. The molecule has 2 aromatic heterocycles. The molecule has 2 heterocycles. The summed E-state index contributed by atoms with van der Waals surface area (Å²) in [4.78, 5) is 4.37. The van der Waals surface area contributed by atoms with Crippen LogP contribution in [-0.4, -0.2) is 11.5 Å². The molecule has 0 aliphatic heterocycles. The van der Waals surface area contributed by atoms with Gasteiger partial charge in [0.15, 0.2) is 5.22 Å². The minimum absolute atomic E-state index is 0.0937. The monoisotopic (exact) mass is 328 g/mol. The molecule has 3 nitrogen and oxygen atoms in total. The minimum Gasteiger partial charge on any atom is -0.448 e. The number of aromatic nitrogens is 1. The second kappa shape index (κ2) is 6.36. The average molecular weight is 330 g/mol. The Hall–Kier alpha value is -0.840. The van der Waals surface area contributed by atoms with Gasteiger partial charge in [-0.05, 0) is 58.3 Å². The largest absolute Gasteiger partial charge is 0.448 e. The van der Waals surface area contributed by atoms with E-state index in [4.69, 9.17) is 16.0 Å². The summed E-state index contributed by atoms with van der Waals surface area (Å²) in [6.07, 6.45) is 2.57. The van der Waals surface area contributed by atoms with E-state index in [-0.39, 0.29) is 6.04 Å². The normalized spacial score (nSPS) is 12.6. The van der Waals surface area contributed by atoms with Crippen LogP contribution < -0.4 is 5.32 Å². The Labute approximate surface area is 120 Å². The zero-order valence-corrected chi connectivity index (χ0v) is 12.3. The van der Waals surface area contributed by atoms with Gasteiger partial charge < -0.3 is 9.73 Å². The van der Waals surface area contributed by atoms with Gasteiger partial charge in [-0.3, -0.25) is 4.98 Å². The van der Waals surface area contributed by atoms with Gasteiger partial charge in [0.05, 0.1) is 6.04 Å². The highest BCUT2D eigenvalue weighted by molar-refractivity contribution is 9.10. The van der Waals surface area contributed by atoms with Gasteiger partial charge >= 0.3 is 0 Å². The van der Waals surface area contributed by atoms with E-state index < -0.39 is 0 Å². The van der Waals surface area contributed by atoms with Crippen molar-refractivity contribution in [2.45, 2.75) is 19.4 Å². The fourth-order valence-electron chi connectivity index (χ4n) is 1.77. The molecule has 1 N–H and O–H groups in total. The third-order valence-corrected chi connectivity index (χ3v) is 3.26. The maximum atomic E-state index is 5.81. The smallest absolute Gasteiger partial charge is 0.193 e. The van der Waals surface area contributed by atoms with Crippen molar-refractivity contribution < 1.29 is 4.42 Å². The van der Waals surface area contributed by atoms with Crippen LogP contribution in [0.25, 0.3) is 0 Å². The molecule has 1 atom stereocenters. The van der Waals surface area contributed by atoms with Gasteiger partial charge in [-0.1, -0.05) is 6.92 Å². The minimum atomic E-state index is 0.0937. The summed E-state index contributed by atoms with van der Waals surface area (Å²) in [7, 11) is 0. The summed E-state index contributed by atoms with van der Waals surface area (Å²) < 4.78 is 6.44. The zero-order chi connectivity index (χ0) is 13.0. The van der Waals surface area contributed by atoms with E-state index in [0.29, 0.717) is 5.22 Å². The highest BCUT2D eigenvalue weighted by Gasteiger charge is 2.15. The summed E-state index contributed by atoms with van der Waals surface area (Å²) >= 11 is 9.19. The van der Waals surface area contributed by atoms with Gasteiger partial charge in [0.2, 0.25) is 0 Å². The van der Waals surface area contributed by atoms with Crippen LogP contribution in [0.4, 0.5) is 0 Å². The number of nitrogens with zero attached hydrogens (tertiary/aromatic N) is 1. The molecule has 2 aromatic rings. The van der Waals surface area contributed by atoms with Crippen LogP contribution in [0, 0.1) is 0 Å². The first-order chi connectivity index (χ1) is 8.69. The van der Waals surface area contributed by atoms with E-state index >= 15 is 0 Å². The molecule has 0 fully saturated rings. The van der Waals surface area contributed by atoms with Crippen LogP contribution in [0.15, 0.2) is 39.4 Å². The first-order valence-corrected chi connectivity index (χ1v) is 6.95. The maximum absolute atomic E-state index is 5.81. The molecule has 0 radical (unpaired) electrons. The molecule has 0 saturated carbocycles. The molecule has 0 spiro atoms. The van der Waals surface area contributed by atoms with Crippen molar-refractivity contribution in [3.05, 3.63) is 51.6 Å². The van der Waals surface area contributed by atoms with Gasteiger partial charge in [-0.2, -0.15) is 0 Å². The molecule has 0 saturated heterocycles. The van der Waals surface area contributed by atoms with E-state index in [1.54, 1.807) is 12.3 Å². The summed E-state index contributed by atoms with van der Waals surface area (Å²) in [5, 5.41) is 3.78. The van der Waals surface area contributed by atoms with Crippen LogP contribution in [0.2, 0.25) is 5.22 Å². The van der Waals surface area contributed by atoms with Gasteiger partial charge in [-0.15, -0.1) is 0 Å². The van der Waals surface area contributed by atoms with Crippen LogP contribution >= 0.6 is 27.5 Å². The molecular formula is C13H14BrClN2O. The number of rotatable bonds is 5. The summed E-state index contributed by atoms with van der Waals surface area (Å²) in [5.41, 5.74) is 1.01. The molecule has 0 amide bonds. The molecule has 0 aliphatic carbocycles. The molecule has 0 bridgehead atoms. The van der Waals surface area contributed by atoms with Crippen LogP contribution in [0.1, 0.15) is 24.4 Å². The molecule has 5 heteroatoms. The predicted octanol–water partition coefficient (Wildman–Crippen LogP) is 3.98. The van der Waals surface area contributed by atoms with Crippen molar-refractivity contribution >= 4 is 27.5 Å². The van der Waals surface area contributed by atoms with Crippen molar-refractivity contribution in [3.63, 3.8) is 0 Å². The van der Waals surface area contributed by atoms with E-state index in [2.05, 4.69) is 33.2 Å². The standard InChI is InChI=1S/C13H14BrClN2O/c1-2-16-11(12-5-6-13(15)18-12)7-10-4-3-9(14)8-17-10/h3-6,8,11,16H,2,7H2,1H3. The predicted molar refractivity (Wildman–Crippen MR) is 75.8 cm³/mol. The summed E-state index contributed by atoms with van der Waals surface area (Å²) in [6.45, 7) is 2.92. The maximum Gasteiger partial charge on any atom is 0.193 e. The van der Waals surface area contributed by atoms with Crippen molar-refractivity contribution in [1.82, 2.24) is 10.3 Å². The zero-order valence-electron chi connectivity index (χ0n) is 9.99. The van der Waals surface area contributed by atoms with Gasteiger partial charge in [0.1, 0.15) is 5.76 Å². The first-order valence-electron chi connectivity index (χ1n) is 5.78. The lowest BCUT2D eigenvalue weighted by atomic mass is 10.1. The number of pyridine rings is 1. The number of hydrogen-bond donors (Lipinski definition) is 1. The molecule has 18 heavy (non-hydrogen) atoms. The van der Waals surface area contributed by atoms with E-state index in [1.165, 1.54) is 0 Å². The van der Waals surface area contributed by atoms with Gasteiger partial charge in [0, 0.05) is 22.8 Å². The van der Waals surface area contributed by atoms with Crippen molar-refractivity contribution in [2.24, 2.45) is 0 Å². The Morgan fingerprint density at radius 2 is 2.22 bits per heavy atom.